The summed E-state index contributed by atoms with van der Waals surface area (Å²) < 4.78 is 6.07. The Labute approximate surface area is 120 Å². The number of nitrogens with one attached hydrogen (secondary N) is 1. The van der Waals surface area contributed by atoms with Crippen molar-refractivity contribution in [3.05, 3.63) is 0 Å². The van der Waals surface area contributed by atoms with Gasteiger partial charge in [0.15, 0.2) is 0 Å². The molecule has 1 heterocycles. The van der Waals surface area contributed by atoms with Crippen LogP contribution in [0.5, 0.6) is 0 Å². The summed E-state index contributed by atoms with van der Waals surface area (Å²) in [5.74, 6) is 1.11. The van der Waals surface area contributed by atoms with Crippen LogP contribution >= 0.6 is 0 Å². The number of carbonyl (C=O) groups excluding carboxylic acids is 1. The van der Waals surface area contributed by atoms with Crippen LogP contribution in [0.2, 0.25) is 0 Å². The molecule has 1 aliphatic heterocycles. The van der Waals surface area contributed by atoms with Crippen molar-refractivity contribution in [1.82, 2.24) is 10.4 Å². The van der Waals surface area contributed by atoms with Crippen molar-refractivity contribution in [2.24, 2.45) is 17.8 Å². The number of fused-ring (bicyclic) bond motifs is 1. The molecule has 20 heavy (non-hydrogen) atoms. The molecule has 3 unspecified atom stereocenters. The van der Waals surface area contributed by atoms with Gasteiger partial charge in [-0.25, -0.2) is 5.48 Å². The third-order valence-corrected chi connectivity index (χ3v) is 5.24. The first-order valence-corrected chi connectivity index (χ1v) is 7.97. The van der Waals surface area contributed by atoms with Gasteiger partial charge in [0.2, 0.25) is 5.91 Å². The van der Waals surface area contributed by atoms with E-state index >= 15 is 0 Å². The Morgan fingerprint density at radius 1 is 1.35 bits per heavy atom. The topological polar surface area (TPSA) is 61.8 Å². The zero-order chi connectivity index (χ0) is 14.1. The monoisotopic (exact) mass is 282 g/mol. The molecular formula is C15H26N2O3. The first-order chi connectivity index (χ1) is 9.67. The number of rotatable bonds is 3. The predicted molar refractivity (Wildman–Crippen MR) is 74.3 cm³/mol. The smallest absolute Gasteiger partial charge is 0.246 e. The molecule has 0 aromatic rings. The third-order valence-electron chi connectivity index (χ3n) is 5.24. The van der Waals surface area contributed by atoms with Gasteiger partial charge in [-0.2, -0.15) is 0 Å². The van der Waals surface area contributed by atoms with Gasteiger partial charge in [0.25, 0.3) is 0 Å². The SMILES string of the molecule is C[C@H]1COC2CC(C(=O)NO)CCC2CN1CC1CC1. The maximum atomic E-state index is 11.6. The molecule has 2 N–H and O–H groups in total. The Morgan fingerprint density at radius 2 is 2.15 bits per heavy atom. The summed E-state index contributed by atoms with van der Waals surface area (Å²) in [5.41, 5.74) is 1.79. The summed E-state index contributed by atoms with van der Waals surface area (Å²) in [4.78, 5) is 14.2. The number of nitrogens with zero attached hydrogens (tertiary/aromatic N) is 1. The Balaban J connectivity index is 1.61. The standard InChI is InChI=1S/C15H26N2O3/c1-10-9-20-14-6-12(15(18)16-19)4-5-13(14)8-17(10)7-11-2-3-11/h10-14,19H,2-9H2,1H3,(H,16,18)/t10-,12?,13?,14?/m0/s1. The van der Waals surface area contributed by atoms with Crippen molar-refractivity contribution < 1.29 is 14.7 Å². The lowest BCUT2D eigenvalue weighted by atomic mass is 9.79. The predicted octanol–water partition coefficient (Wildman–Crippen LogP) is 1.41. The van der Waals surface area contributed by atoms with Crippen LogP contribution in [0.15, 0.2) is 0 Å². The van der Waals surface area contributed by atoms with E-state index in [0.717, 1.165) is 38.3 Å². The Morgan fingerprint density at radius 3 is 2.85 bits per heavy atom. The second-order valence-electron chi connectivity index (χ2n) is 6.86. The molecule has 0 bridgehead atoms. The summed E-state index contributed by atoms with van der Waals surface area (Å²) in [6.45, 7) is 5.34. The number of hydrogen-bond acceptors (Lipinski definition) is 4. The van der Waals surface area contributed by atoms with Crippen LogP contribution in [0.3, 0.4) is 0 Å². The highest BCUT2D eigenvalue weighted by Gasteiger charge is 2.39. The first-order valence-electron chi connectivity index (χ1n) is 7.97. The van der Waals surface area contributed by atoms with Gasteiger partial charge in [0, 0.05) is 25.0 Å². The number of hydrogen-bond donors (Lipinski definition) is 2. The van der Waals surface area contributed by atoms with Crippen molar-refractivity contribution in [1.29, 1.82) is 0 Å². The van der Waals surface area contributed by atoms with Crippen LogP contribution in [0.25, 0.3) is 0 Å². The van der Waals surface area contributed by atoms with Crippen molar-refractivity contribution in [2.75, 3.05) is 19.7 Å². The Bertz CT molecular complexity index is 359. The van der Waals surface area contributed by atoms with Crippen molar-refractivity contribution >= 4 is 5.91 Å². The van der Waals surface area contributed by atoms with Crippen LogP contribution in [-0.2, 0) is 9.53 Å². The lowest BCUT2D eigenvalue weighted by Crippen LogP contribution is -2.42. The average Bonchev–Trinajstić information content (AvgIpc) is 3.28. The number of carbonyl (C=O) groups is 1. The van der Waals surface area contributed by atoms with E-state index < -0.39 is 0 Å². The molecule has 5 heteroatoms. The summed E-state index contributed by atoms with van der Waals surface area (Å²) in [6, 6.07) is 0.478. The fraction of sp³-hybridized carbons (Fsp3) is 0.933. The van der Waals surface area contributed by atoms with Gasteiger partial charge < -0.3 is 4.74 Å². The molecule has 4 atom stereocenters. The molecular weight excluding hydrogens is 256 g/mol. The fourth-order valence-corrected chi connectivity index (χ4v) is 3.67. The molecule has 1 amide bonds. The van der Waals surface area contributed by atoms with Gasteiger partial charge in [0.1, 0.15) is 0 Å². The summed E-state index contributed by atoms with van der Waals surface area (Å²) in [7, 11) is 0. The molecule has 0 aromatic carbocycles. The molecule has 3 rings (SSSR count). The maximum Gasteiger partial charge on any atom is 0.246 e. The van der Waals surface area contributed by atoms with Gasteiger partial charge in [-0.1, -0.05) is 0 Å². The Hall–Kier alpha value is -0.650. The van der Waals surface area contributed by atoms with E-state index in [-0.39, 0.29) is 17.9 Å². The lowest BCUT2D eigenvalue weighted by molar-refractivity contribution is -0.137. The molecule has 2 aliphatic carbocycles. The molecule has 3 aliphatic rings. The maximum absolute atomic E-state index is 11.6. The zero-order valence-corrected chi connectivity index (χ0v) is 12.3. The average molecular weight is 282 g/mol. The van der Waals surface area contributed by atoms with Crippen LogP contribution in [0, 0.1) is 17.8 Å². The van der Waals surface area contributed by atoms with E-state index in [2.05, 4.69) is 11.8 Å². The summed E-state index contributed by atoms with van der Waals surface area (Å²) in [6.07, 6.45) is 5.59. The second-order valence-corrected chi connectivity index (χ2v) is 6.86. The number of ether oxygens (including phenoxy) is 1. The van der Waals surface area contributed by atoms with Gasteiger partial charge >= 0.3 is 0 Å². The zero-order valence-electron chi connectivity index (χ0n) is 12.3. The third kappa shape index (κ3) is 3.15. The van der Waals surface area contributed by atoms with Crippen molar-refractivity contribution in [2.45, 2.75) is 51.2 Å². The molecule has 0 spiro atoms. The van der Waals surface area contributed by atoms with Crippen LogP contribution in [-0.4, -0.2) is 47.9 Å². The quantitative estimate of drug-likeness (QED) is 0.607. The summed E-state index contributed by atoms with van der Waals surface area (Å²) in [5, 5.41) is 8.78. The van der Waals surface area contributed by atoms with E-state index in [1.54, 1.807) is 5.48 Å². The van der Waals surface area contributed by atoms with E-state index in [1.807, 2.05) is 0 Å². The van der Waals surface area contributed by atoms with Crippen molar-refractivity contribution in [3.63, 3.8) is 0 Å². The summed E-state index contributed by atoms with van der Waals surface area (Å²) >= 11 is 0. The molecule has 0 radical (unpaired) electrons. The van der Waals surface area contributed by atoms with Crippen LogP contribution in [0.1, 0.15) is 39.0 Å². The van der Waals surface area contributed by atoms with E-state index in [0.29, 0.717) is 12.0 Å². The van der Waals surface area contributed by atoms with Gasteiger partial charge in [-0.3, -0.25) is 14.9 Å². The normalized spacial score (nSPS) is 38.9. The molecule has 2 saturated carbocycles. The molecule has 3 fully saturated rings. The highest BCUT2D eigenvalue weighted by Crippen LogP contribution is 2.36. The molecule has 1 saturated heterocycles. The minimum Gasteiger partial charge on any atom is -0.376 e. The Kier molecular flexibility index (Phi) is 4.29. The first kappa shape index (κ1) is 14.3. The van der Waals surface area contributed by atoms with Crippen LogP contribution < -0.4 is 5.48 Å². The lowest BCUT2D eigenvalue weighted by Gasteiger charge is -2.35. The van der Waals surface area contributed by atoms with Gasteiger partial charge in [-0.05, 0) is 50.9 Å². The van der Waals surface area contributed by atoms with E-state index in [9.17, 15) is 4.79 Å². The van der Waals surface area contributed by atoms with Crippen LogP contribution in [0.4, 0.5) is 0 Å². The van der Waals surface area contributed by atoms with E-state index in [1.165, 1.54) is 19.4 Å². The number of hydroxylamine groups is 1. The molecule has 5 nitrogen and oxygen atoms in total. The molecule has 0 aromatic heterocycles. The number of amides is 1. The minimum atomic E-state index is -0.251. The minimum absolute atomic E-state index is 0.0912. The highest BCUT2D eigenvalue weighted by atomic mass is 16.5. The van der Waals surface area contributed by atoms with Gasteiger partial charge in [-0.15, -0.1) is 0 Å². The molecule has 114 valence electrons. The fourth-order valence-electron chi connectivity index (χ4n) is 3.67. The second kappa shape index (κ2) is 6.00. The van der Waals surface area contributed by atoms with E-state index in [4.69, 9.17) is 9.94 Å². The highest BCUT2D eigenvalue weighted by molar-refractivity contribution is 5.77. The van der Waals surface area contributed by atoms with Crippen molar-refractivity contribution in [3.8, 4) is 0 Å². The van der Waals surface area contributed by atoms with Gasteiger partial charge in [0.05, 0.1) is 12.7 Å². The largest absolute Gasteiger partial charge is 0.376 e.